The Kier molecular flexibility index (Phi) is 5.97. The first kappa shape index (κ1) is 14.3. The standard InChI is InChI=1S/C16H31NO/c1-13-5-3-6-14(11-13)9-10-17-15-7-4-8-16(12-15)18-2/h13-17H,3-12H2,1-2H3. The number of rotatable bonds is 5. The van der Waals surface area contributed by atoms with Crippen LogP contribution >= 0.6 is 0 Å². The van der Waals surface area contributed by atoms with Crippen molar-refractivity contribution in [1.82, 2.24) is 5.32 Å². The van der Waals surface area contributed by atoms with Crippen LogP contribution in [0.5, 0.6) is 0 Å². The van der Waals surface area contributed by atoms with Gasteiger partial charge in [-0.3, -0.25) is 0 Å². The lowest BCUT2D eigenvalue weighted by Gasteiger charge is -2.30. The molecule has 4 unspecified atom stereocenters. The Morgan fingerprint density at radius 1 is 1.06 bits per heavy atom. The molecule has 0 aliphatic heterocycles. The Labute approximate surface area is 113 Å². The van der Waals surface area contributed by atoms with Crippen molar-refractivity contribution in [3.63, 3.8) is 0 Å². The van der Waals surface area contributed by atoms with E-state index in [4.69, 9.17) is 4.74 Å². The molecule has 106 valence electrons. The molecule has 1 N–H and O–H groups in total. The summed E-state index contributed by atoms with van der Waals surface area (Å²) >= 11 is 0. The van der Waals surface area contributed by atoms with Gasteiger partial charge in [-0.2, -0.15) is 0 Å². The van der Waals surface area contributed by atoms with Gasteiger partial charge in [-0.25, -0.2) is 0 Å². The van der Waals surface area contributed by atoms with Gasteiger partial charge < -0.3 is 10.1 Å². The lowest BCUT2D eigenvalue weighted by atomic mass is 9.81. The summed E-state index contributed by atoms with van der Waals surface area (Å²) in [4.78, 5) is 0. The first-order valence-corrected chi connectivity index (χ1v) is 8.04. The fourth-order valence-electron chi connectivity index (χ4n) is 3.86. The summed E-state index contributed by atoms with van der Waals surface area (Å²) in [7, 11) is 1.86. The van der Waals surface area contributed by atoms with Crippen LogP contribution in [0.3, 0.4) is 0 Å². The van der Waals surface area contributed by atoms with Gasteiger partial charge in [-0.15, -0.1) is 0 Å². The van der Waals surface area contributed by atoms with Crippen LogP contribution in [0.15, 0.2) is 0 Å². The van der Waals surface area contributed by atoms with Gasteiger partial charge in [-0.1, -0.05) is 26.2 Å². The molecule has 0 saturated heterocycles. The highest BCUT2D eigenvalue weighted by atomic mass is 16.5. The second kappa shape index (κ2) is 7.49. The number of hydrogen-bond acceptors (Lipinski definition) is 2. The van der Waals surface area contributed by atoms with Crippen LogP contribution in [0.1, 0.15) is 64.7 Å². The van der Waals surface area contributed by atoms with Gasteiger partial charge >= 0.3 is 0 Å². The first-order chi connectivity index (χ1) is 8.78. The van der Waals surface area contributed by atoms with Crippen molar-refractivity contribution in [1.29, 1.82) is 0 Å². The van der Waals surface area contributed by atoms with Crippen LogP contribution in [0.4, 0.5) is 0 Å². The second-order valence-electron chi connectivity index (χ2n) is 6.60. The number of nitrogens with one attached hydrogen (secondary N) is 1. The molecular formula is C16H31NO. The lowest BCUT2D eigenvalue weighted by molar-refractivity contribution is 0.0585. The van der Waals surface area contributed by atoms with Crippen LogP contribution < -0.4 is 5.32 Å². The molecule has 2 heteroatoms. The van der Waals surface area contributed by atoms with Crippen molar-refractivity contribution < 1.29 is 4.74 Å². The maximum Gasteiger partial charge on any atom is 0.0586 e. The van der Waals surface area contributed by atoms with Gasteiger partial charge in [0.15, 0.2) is 0 Å². The van der Waals surface area contributed by atoms with E-state index in [2.05, 4.69) is 12.2 Å². The van der Waals surface area contributed by atoms with Gasteiger partial charge in [0.25, 0.3) is 0 Å². The highest BCUT2D eigenvalue weighted by Crippen LogP contribution is 2.30. The first-order valence-electron chi connectivity index (χ1n) is 8.04. The summed E-state index contributed by atoms with van der Waals surface area (Å²) in [6.45, 7) is 3.64. The van der Waals surface area contributed by atoms with Crippen molar-refractivity contribution in [2.45, 2.75) is 76.9 Å². The third-order valence-electron chi connectivity index (χ3n) is 4.99. The van der Waals surface area contributed by atoms with E-state index in [-0.39, 0.29) is 0 Å². The Morgan fingerprint density at radius 2 is 1.89 bits per heavy atom. The molecule has 2 nitrogen and oxygen atoms in total. The summed E-state index contributed by atoms with van der Waals surface area (Å²) < 4.78 is 5.49. The molecule has 0 heterocycles. The Balaban J connectivity index is 1.59. The van der Waals surface area contributed by atoms with E-state index in [0.29, 0.717) is 12.1 Å². The molecule has 18 heavy (non-hydrogen) atoms. The van der Waals surface area contributed by atoms with Crippen molar-refractivity contribution in [2.75, 3.05) is 13.7 Å². The fourth-order valence-corrected chi connectivity index (χ4v) is 3.86. The summed E-state index contributed by atoms with van der Waals surface area (Å²) in [6.07, 6.45) is 12.9. The largest absolute Gasteiger partial charge is 0.381 e. The average molecular weight is 253 g/mol. The normalized spacial score (nSPS) is 37.7. The minimum atomic E-state index is 0.506. The molecule has 2 saturated carbocycles. The van der Waals surface area contributed by atoms with Gasteiger partial charge in [0, 0.05) is 13.2 Å². The van der Waals surface area contributed by atoms with Crippen LogP contribution in [0.2, 0.25) is 0 Å². The quantitative estimate of drug-likeness (QED) is 0.805. The molecule has 0 aromatic rings. The van der Waals surface area contributed by atoms with Crippen molar-refractivity contribution in [3.05, 3.63) is 0 Å². The Morgan fingerprint density at radius 3 is 2.67 bits per heavy atom. The summed E-state index contributed by atoms with van der Waals surface area (Å²) in [6, 6.07) is 0.713. The Hall–Kier alpha value is -0.0800. The molecule has 2 aliphatic carbocycles. The summed E-state index contributed by atoms with van der Waals surface area (Å²) in [5, 5.41) is 3.77. The molecule has 2 fully saturated rings. The SMILES string of the molecule is COC1CCCC(NCCC2CCCC(C)C2)C1. The molecule has 0 aromatic carbocycles. The lowest BCUT2D eigenvalue weighted by Crippen LogP contribution is -2.37. The fraction of sp³-hybridized carbons (Fsp3) is 1.00. The second-order valence-corrected chi connectivity index (χ2v) is 6.60. The molecule has 0 radical (unpaired) electrons. The van der Waals surface area contributed by atoms with E-state index in [1.807, 2.05) is 7.11 Å². The number of ether oxygens (including phenoxy) is 1. The average Bonchev–Trinajstić information content (AvgIpc) is 2.39. The molecule has 4 atom stereocenters. The predicted molar refractivity (Wildman–Crippen MR) is 76.8 cm³/mol. The molecule has 0 amide bonds. The molecule has 2 rings (SSSR count). The highest BCUT2D eigenvalue weighted by molar-refractivity contribution is 4.79. The van der Waals surface area contributed by atoms with Crippen molar-refractivity contribution in [2.24, 2.45) is 11.8 Å². The van der Waals surface area contributed by atoms with Gasteiger partial charge in [-0.05, 0) is 56.9 Å². The van der Waals surface area contributed by atoms with E-state index >= 15 is 0 Å². The van der Waals surface area contributed by atoms with E-state index in [1.54, 1.807) is 0 Å². The highest BCUT2D eigenvalue weighted by Gasteiger charge is 2.22. The predicted octanol–water partition coefficient (Wildman–Crippen LogP) is 3.75. The molecular weight excluding hydrogens is 222 g/mol. The van der Waals surface area contributed by atoms with Crippen molar-refractivity contribution >= 4 is 0 Å². The number of methoxy groups -OCH3 is 1. The van der Waals surface area contributed by atoms with Crippen molar-refractivity contribution in [3.8, 4) is 0 Å². The minimum Gasteiger partial charge on any atom is -0.381 e. The third kappa shape index (κ3) is 4.55. The zero-order valence-corrected chi connectivity index (χ0v) is 12.3. The maximum atomic E-state index is 5.49. The summed E-state index contributed by atoms with van der Waals surface area (Å²) in [5.74, 6) is 1.96. The monoisotopic (exact) mass is 253 g/mol. The van der Waals surface area contributed by atoms with Gasteiger partial charge in [0.05, 0.1) is 6.10 Å². The van der Waals surface area contributed by atoms with Gasteiger partial charge in [0.2, 0.25) is 0 Å². The smallest absolute Gasteiger partial charge is 0.0586 e. The maximum absolute atomic E-state index is 5.49. The van der Waals surface area contributed by atoms with Crippen LogP contribution in [-0.4, -0.2) is 25.8 Å². The van der Waals surface area contributed by atoms with Crippen LogP contribution in [0.25, 0.3) is 0 Å². The topological polar surface area (TPSA) is 21.3 Å². The molecule has 0 aromatic heterocycles. The minimum absolute atomic E-state index is 0.506. The zero-order valence-electron chi connectivity index (χ0n) is 12.3. The summed E-state index contributed by atoms with van der Waals surface area (Å²) in [5.41, 5.74) is 0. The zero-order chi connectivity index (χ0) is 12.8. The van der Waals surface area contributed by atoms with Crippen LogP contribution in [0, 0.1) is 11.8 Å². The van der Waals surface area contributed by atoms with E-state index in [1.165, 1.54) is 64.3 Å². The molecule has 0 spiro atoms. The molecule has 2 aliphatic rings. The Bertz CT molecular complexity index is 231. The van der Waals surface area contributed by atoms with E-state index in [0.717, 1.165) is 11.8 Å². The van der Waals surface area contributed by atoms with Gasteiger partial charge in [0.1, 0.15) is 0 Å². The van der Waals surface area contributed by atoms with Crippen LogP contribution in [-0.2, 0) is 4.74 Å². The van der Waals surface area contributed by atoms with E-state index < -0.39 is 0 Å². The molecule has 0 bridgehead atoms. The van der Waals surface area contributed by atoms with E-state index in [9.17, 15) is 0 Å². The number of hydrogen-bond donors (Lipinski definition) is 1. The third-order valence-corrected chi connectivity index (χ3v) is 4.99.